The molecule has 0 aliphatic carbocycles. The Balaban J connectivity index is 2.97. The lowest BCUT2D eigenvalue weighted by molar-refractivity contribution is 0.134. The predicted octanol–water partition coefficient (Wildman–Crippen LogP) is 4.50. The molecular formula is C12H17ClFN. The zero-order valence-electron chi connectivity index (χ0n) is 9.26. The van der Waals surface area contributed by atoms with E-state index in [1.165, 1.54) is 0 Å². The molecule has 0 radical (unpaired) electrons. The standard InChI is InChI=1S/C12H17ClFN/c1-3-6-12(14,7-4-2)10-5-8-15-11(13)9-10/h5,8-9H,3-4,6-7H2,1-2H3. The molecule has 1 aromatic heterocycles. The first-order valence-electron chi connectivity index (χ1n) is 5.43. The van der Waals surface area contributed by atoms with Gasteiger partial charge < -0.3 is 0 Å². The molecular weight excluding hydrogens is 213 g/mol. The number of alkyl halides is 1. The normalized spacial score (nSPS) is 11.7. The number of hydrogen-bond acceptors (Lipinski definition) is 1. The van der Waals surface area contributed by atoms with Crippen molar-refractivity contribution in [3.05, 3.63) is 29.0 Å². The van der Waals surface area contributed by atoms with Crippen molar-refractivity contribution in [2.45, 2.75) is 45.2 Å². The number of aromatic nitrogens is 1. The summed E-state index contributed by atoms with van der Waals surface area (Å²) in [4.78, 5) is 3.87. The molecule has 3 heteroatoms. The van der Waals surface area contributed by atoms with E-state index < -0.39 is 5.67 Å². The van der Waals surface area contributed by atoms with Gasteiger partial charge in [0.25, 0.3) is 0 Å². The maximum Gasteiger partial charge on any atom is 0.136 e. The Kier molecular flexibility index (Phi) is 4.52. The zero-order valence-corrected chi connectivity index (χ0v) is 10.0. The van der Waals surface area contributed by atoms with Crippen LogP contribution in [0.15, 0.2) is 18.3 Å². The van der Waals surface area contributed by atoms with Gasteiger partial charge in [0, 0.05) is 6.20 Å². The van der Waals surface area contributed by atoms with Crippen molar-refractivity contribution in [1.29, 1.82) is 0 Å². The highest BCUT2D eigenvalue weighted by Crippen LogP contribution is 2.36. The van der Waals surface area contributed by atoms with Crippen LogP contribution >= 0.6 is 11.6 Å². The summed E-state index contributed by atoms with van der Waals surface area (Å²) in [6.07, 6.45) is 4.31. The van der Waals surface area contributed by atoms with Gasteiger partial charge in [0.1, 0.15) is 10.8 Å². The van der Waals surface area contributed by atoms with Crippen molar-refractivity contribution in [1.82, 2.24) is 4.98 Å². The van der Waals surface area contributed by atoms with Crippen LogP contribution < -0.4 is 0 Å². The lowest BCUT2D eigenvalue weighted by Gasteiger charge is -2.25. The minimum absolute atomic E-state index is 0.363. The molecule has 1 nitrogen and oxygen atoms in total. The van der Waals surface area contributed by atoms with Crippen molar-refractivity contribution in [2.24, 2.45) is 0 Å². The number of nitrogens with zero attached hydrogens (tertiary/aromatic N) is 1. The largest absolute Gasteiger partial charge is 0.245 e. The molecule has 0 saturated heterocycles. The Morgan fingerprint density at radius 1 is 1.33 bits per heavy atom. The molecule has 0 unspecified atom stereocenters. The monoisotopic (exact) mass is 229 g/mol. The summed E-state index contributed by atoms with van der Waals surface area (Å²) < 4.78 is 14.6. The zero-order chi connectivity index (χ0) is 11.3. The average Bonchev–Trinajstić information content (AvgIpc) is 2.18. The Morgan fingerprint density at radius 3 is 2.40 bits per heavy atom. The van der Waals surface area contributed by atoms with Crippen molar-refractivity contribution in [3.8, 4) is 0 Å². The van der Waals surface area contributed by atoms with Crippen LogP contribution in [-0.2, 0) is 5.67 Å². The second kappa shape index (κ2) is 5.45. The smallest absolute Gasteiger partial charge is 0.136 e. The lowest BCUT2D eigenvalue weighted by atomic mass is 9.88. The van der Waals surface area contributed by atoms with Gasteiger partial charge >= 0.3 is 0 Å². The first-order chi connectivity index (χ1) is 7.12. The van der Waals surface area contributed by atoms with E-state index in [1.54, 1.807) is 18.3 Å². The fourth-order valence-corrected chi connectivity index (χ4v) is 2.06. The van der Waals surface area contributed by atoms with Crippen molar-refractivity contribution < 1.29 is 4.39 Å². The number of halogens is 2. The Bertz CT molecular complexity index is 308. The van der Waals surface area contributed by atoms with Gasteiger partial charge in [0.15, 0.2) is 0 Å². The highest BCUT2D eigenvalue weighted by Gasteiger charge is 2.30. The molecule has 0 saturated carbocycles. The molecule has 1 heterocycles. The van der Waals surface area contributed by atoms with Crippen LogP contribution in [0.3, 0.4) is 0 Å². The van der Waals surface area contributed by atoms with E-state index in [0.29, 0.717) is 23.6 Å². The molecule has 0 aliphatic rings. The molecule has 0 aromatic carbocycles. The van der Waals surface area contributed by atoms with Gasteiger partial charge in [-0.2, -0.15) is 0 Å². The molecule has 84 valence electrons. The van der Waals surface area contributed by atoms with Crippen LogP contribution in [0.5, 0.6) is 0 Å². The fourth-order valence-electron chi connectivity index (χ4n) is 1.89. The molecule has 1 rings (SSSR count). The van der Waals surface area contributed by atoms with Crippen molar-refractivity contribution in [2.75, 3.05) is 0 Å². The lowest BCUT2D eigenvalue weighted by Crippen LogP contribution is -2.19. The quantitative estimate of drug-likeness (QED) is 0.678. The third-order valence-corrected chi connectivity index (χ3v) is 2.74. The molecule has 1 aromatic rings. The molecule has 0 aliphatic heterocycles. The maximum atomic E-state index is 14.6. The van der Waals surface area contributed by atoms with Gasteiger partial charge in [0.05, 0.1) is 0 Å². The summed E-state index contributed by atoms with van der Waals surface area (Å²) in [6, 6.07) is 3.35. The molecule has 0 fully saturated rings. The third-order valence-electron chi connectivity index (χ3n) is 2.54. The van der Waals surface area contributed by atoms with Gasteiger partial charge in [-0.1, -0.05) is 38.3 Å². The van der Waals surface area contributed by atoms with E-state index in [-0.39, 0.29) is 0 Å². The third kappa shape index (κ3) is 3.16. The van der Waals surface area contributed by atoms with Gasteiger partial charge in [-0.25, -0.2) is 9.37 Å². The second-order valence-corrected chi connectivity index (χ2v) is 4.22. The first kappa shape index (κ1) is 12.4. The van der Waals surface area contributed by atoms with Gasteiger partial charge in [-0.3, -0.25) is 0 Å². The van der Waals surface area contributed by atoms with E-state index in [2.05, 4.69) is 4.98 Å². The molecule has 0 atom stereocenters. The van der Waals surface area contributed by atoms with Gasteiger partial charge in [-0.05, 0) is 30.5 Å². The van der Waals surface area contributed by atoms with Crippen LogP contribution in [0, 0.1) is 0 Å². The predicted molar refractivity (Wildman–Crippen MR) is 61.8 cm³/mol. The summed E-state index contributed by atoms with van der Waals surface area (Å²) in [7, 11) is 0. The molecule has 15 heavy (non-hydrogen) atoms. The first-order valence-corrected chi connectivity index (χ1v) is 5.81. The van der Waals surface area contributed by atoms with E-state index in [9.17, 15) is 4.39 Å². The number of hydrogen-bond donors (Lipinski definition) is 0. The van der Waals surface area contributed by atoms with Gasteiger partial charge in [-0.15, -0.1) is 0 Å². The topological polar surface area (TPSA) is 12.9 Å². The van der Waals surface area contributed by atoms with E-state index in [1.807, 2.05) is 13.8 Å². The van der Waals surface area contributed by atoms with Crippen molar-refractivity contribution >= 4 is 11.6 Å². The van der Waals surface area contributed by atoms with Crippen molar-refractivity contribution in [3.63, 3.8) is 0 Å². The number of rotatable bonds is 5. The van der Waals surface area contributed by atoms with Crippen LogP contribution in [0.4, 0.5) is 4.39 Å². The Morgan fingerprint density at radius 2 is 1.93 bits per heavy atom. The van der Waals surface area contributed by atoms with Crippen LogP contribution in [0.2, 0.25) is 5.15 Å². The van der Waals surface area contributed by atoms with Gasteiger partial charge in [0.2, 0.25) is 0 Å². The Hall–Kier alpha value is -0.630. The summed E-state index contributed by atoms with van der Waals surface area (Å²) >= 11 is 5.77. The van der Waals surface area contributed by atoms with E-state index >= 15 is 0 Å². The molecule has 0 spiro atoms. The van der Waals surface area contributed by atoms with E-state index in [4.69, 9.17) is 11.6 Å². The Labute approximate surface area is 95.7 Å². The molecule has 0 N–H and O–H groups in total. The summed E-state index contributed by atoms with van der Waals surface area (Å²) in [5.74, 6) is 0. The summed E-state index contributed by atoms with van der Waals surface area (Å²) in [6.45, 7) is 3.99. The molecule has 0 amide bonds. The van der Waals surface area contributed by atoms with Crippen LogP contribution in [0.25, 0.3) is 0 Å². The molecule has 0 bridgehead atoms. The summed E-state index contributed by atoms with van der Waals surface area (Å²) in [5, 5.41) is 0.363. The fraction of sp³-hybridized carbons (Fsp3) is 0.583. The minimum Gasteiger partial charge on any atom is -0.245 e. The second-order valence-electron chi connectivity index (χ2n) is 3.83. The van der Waals surface area contributed by atoms with Crippen LogP contribution in [0.1, 0.15) is 45.1 Å². The van der Waals surface area contributed by atoms with E-state index in [0.717, 1.165) is 12.8 Å². The maximum absolute atomic E-state index is 14.6. The highest BCUT2D eigenvalue weighted by molar-refractivity contribution is 6.29. The average molecular weight is 230 g/mol. The highest BCUT2D eigenvalue weighted by atomic mass is 35.5. The van der Waals surface area contributed by atoms with Crippen LogP contribution in [-0.4, -0.2) is 4.98 Å². The summed E-state index contributed by atoms with van der Waals surface area (Å²) in [5.41, 5.74) is -0.581. The number of pyridine rings is 1. The SMILES string of the molecule is CCCC(F)(CCC)c1ccnc(Cl)c1. The minimum atomic E-state index is -1.24.